The molecule has 28 heavy (non-hydrogen) atoms. The predicted octanol–water partition coefficient (Wildman–Crippen LogP) is 5.01. The predicted molar refractivity (Wildman–Crippen MR) is 112 cm³/mol. The van der Waals surface area contributed by atoms with Crippen molar-refractivity contribution in [2.24, 2.45) is 10.9 Å². The molecule has 5 heteroatoms. The first kappa shape index (κ1) is 18.1. The Kier molecular flexibility index (Phi) is 4.75. The number of benzene rings is 2. The van der Waals surface area contributed by atoms with E-state index >= 15 is 0 Å². The van der Waals surface area contributed by atoms with Crippen LogP contribution in [0.2, 0.25) is 0 Å². The van der Waals surface area contributed by atoms with Crippen LogP contribution >= 0.6 is 0 Å². The van der Waals surface area contributed by atoms with E-state index in [-0.39, 0.29) is 16.4 Å². The molecule has 0 saturated carbocycles. The zero-order chi connectivity index (χ0) is 19.6. The van der Waals surface area contributed by atoms with Crippen molar-refractivity contribution in [1.29, 1.82) is 0 Å². The van der Waals surface area contributed by atoms with Gasteiger partial charge in [-0.05, 0) is 5.56 Å². The Morgan fingerprint density at radius 1 is 1.04 bits per heavy atom. The van der Waals surface area contributed by atoms with Gasteiger partial charge in [0.05, 0.1) is 0 Å². The summed E-state index contributed by atoms with van der Waals surface area (Å²) in [6.45, 7) is 4.23. The smallest absolute Gasteiger partial charge is 0.245 e. The number of carbonyl (C=O) groups is 1. The lowest BCUT2D eigenvalue weighted by molar-refractivity contribution is 0.228. The summed E-state index contributed by atoms with van der Waals surface area (Å²) in [6.07, 6.45) is 7.31. The van der Waals surface area contributed by atoms with Crippen LogP contribution in [0, 0.1) is 5.92 Å². The van der Waals surface area contributed by atoms with Crippen molar-refractivity contribution in [3.8, 4) is 0 Å². The fourth-order valence-electron chi connectivity index (χ4n) is 3.84. The van der Waals surface area contributed by atoms with Gasteiger partial charge < -0.3 is 0 Å². The molecule has 1 aromatic heterocycles. The highest BCUT2D eigenvalue weighted by molar-refractivity contribution is 6.07. The molecule has 140 valence electrons. The topological polar surface area (TPSA) is 47.2 Å². The van der Waals surface area contributed by atoms with Gasteiger partial charge in [0.15, 0.2) is 11.4 Å². The summed E-state index contributed by atoms with van der Waals surface area (Å²) < 4.78 is 1.49. The van der Waals surface area contributed by atoms with Gasteiger partial charge in [-0.1, -0.05) is 62.4 Å². The van der Waals surface area contributed by atoms with Gasteiger partial charge in [-0.3, -0.25) is 0 Å². The lowest BCUT2D eigenvalue weighted by atomic mass is 10.0. The van der Waals surface area contributed by atoms with E-state index < -0.39 is 0 Å². The van der Waals surface area contributed by atoms with Crippen LogP contribution in [0.25, 0.3) is 0 Å². The third-order valence-electron chi connectivity index (χ3n) is 5.01. The lowest BCUT2D eigenvalue weighted by Crippen LogP contribution is -2.54. The van der Waals surface area contributed by atoms with Crippen LogP contribution in [0.3, 0.4) is 0 Å². The molecule has 1 atom stereocenters. The minimum atomic E-state index is -0.112. The van der Waals surface area contributed by atoms with E-state index in [0.29, 0.717) is 6.42 Å². The van der Waals surface area contributed by atoms with Crippen LogP contribution < -0.4 is 4.48 Å². The maximum absolute atomic E-state index is 13.7. The average Bonchev–Trinajstić information content (AvgIpc) is 3.38. The van der Waals surface area contributed by atoms with Gasteiger partial charge in [0, 0.05) is 36.9 Å². The van der Waals surface area contributed by atoms with Crippen LogP contribution in [-0.2, 0) is 6.42 Å². The van der Waals surface area contributed by atoms with Crippen LogP contribution in [-0.4, -0.2) is 21.9 Å². The zero-order valence-electron chi connectivity index (χ0n) is 16.1. The van der Waals surface area contributed by atoms with Crippen LogP contribution in [0.4, 0.5) is 10.5 Å². The normalized spacial score (nSPS) is 18.8. The largest absolute Gasteiger partial charge is 0.444 e. The van der Waals surface area contributed by atoms with E-state index in [1.165, 1.54) is 10.1 Å². The molecule has 1 aliphatic heterocycles. The van der Waals surface area contributed by atoms with Gasteiger partial charge >= 0.3 is 6.03 Å². The number of aromatic nitrogens is 2. The van der Waals surface area contributed by atoms with Crippen molar-refractivity contribution in [3.63, 3.8) is 0 Å². The summed E-state index contributed by atoms with van der Waals surface area (Å²) in [6, 6.07) is 20.0. The molecular formula is C23H23N4O+. The van der Waals surface area contributed by atoms with Gasteiger partial charge in [0.25, 0.3) is 0 Å². The zero-order valence-corrected chi connectivity index (χ0v) is 16.1. The molecule has 5 nitrogen and oxygen atoms in total. The van der Waals surface area contributed by atoms with Gasteiger partial charge in [-0.2, -0.15) is 0 Å². The number of carbonyl (C=O) groups excluding carboxylic acids is 1. The second kappa shape index (κ2) is 7.37. The van der Waals surface area contributed by atoms with Crippen molar-refractivity contribution in [2.75, 3.05) is 0 Å². The highest BCUT2D eigenvalue weighted by Gasteiger charge is 2.49. The van der Waals surface area contributed by atoms with E-state index in [9.17, 15) is 4.79 Å². The Labute approximate surface area is 164 Å². The molecular weight excluding hydrogens is 348 g/mol. The first-order valence-electron chi connectivity index (χ1n) is 9.43. The molecule has 0 bridgehead atoms. The molecule has 0 radical (unpaired) electrons. The third-order valence-corrected chi connectivity index (χ3v) is 5.01. The van der Waals surface area contributed by atoms with Gasteiger partial charge in [-0.15, -0.1) is 4.48 Å². The first-order valence-corrected chi connectivity index (χ1v) is 9.43. The highest BCUT2D eigenvalue weighted by atomic mass is 16.2. The van der Waals surface area contributed by atoms with E-state index in [2.05, 4.69) is 31.0 Å². The minimum absolute atomic E-state index is 0.0446. The summed E-state index contributed by atoms with van der Waals surface area (Å²) in [5, 5.41) is 0. The minimum Gasteiger partial charge on any atom is -0.245 e. The quantitative estimate of drug-likeness (QED) is 0.605. The molecule has 0 fully saturated rings. The number of aliphatic imine (C=N–C) groups is 1. The maximum Gasteiger partial charge on any atom is 0.444 e. The fourth-order valence-corrected chi connectivity index (χ4v) is 3.84. The number of rotatable bonds is 4. The Balaban J connectivity index is 1.90. The number of hydrogen-bond donors (Lipinski definition) is 0. The Bertz CT molecular complexity index is 1020. The molecule has 4 rings (SSSR count). The summed E-state index contributed by atoms with van der Waals surface area (Å²) in [5.74, 6) is 0.133. The molecule has 3 aromatic rings. The van der Waals surface area contributed by atoms with Crippen molar-refractivity contribution in [3.05, 3.63) is 96.3 Å². The van der Waals surface area contributed by atoms with Crippen LogP contribution in [0.15, 0.2) is 95.8 Å². The molecule has 0 spiro atoms. The number of quaternary nitrogens is 1. The average molecular weight is 371 g/mol. The second-order valence-electron chi connectivity index (χ2n) is 7.20. The summed E-state index contributed by atoms with van der Waals surface area (Å²) in [4.78, 5) is 22.5. The summed E-state index contributed by atoms with van der Waals surface area (Å²) in [5.41, 5.74) is 3.99. The number of allylic oxidation sites excluding steroid dienone is 2. The third kappa shape index (κ3) is 3.00. The standard InChI is InChI=1S/C23H23N4O/c1-18(2)22-21(15-19-9-5-3-6-10-19)25-17-27(22,20-11-7-4-8-12-20)23(28)26-14-13-24-16-26/h3-14,16-18H,15H2,1-2H3/q+1. The number of imidazole rings is 1. The molecule has 1 amide bonds. The molecule has 2 aromatic carbocycles. The fraction of sp³-hybridized carbons (Fsp3) is 0.174. The van der Waals surface area contributed by atoms with Gasteiger partial charge in [0.1, 0.15) is 12.0 Å². The van der Waals surface area contributed by atoms with Crippen LogP contribution in [0.5, 0.6) is 0 Å². The Hall–Kier alpha value is -3.31. The molecule has 0 N–H and O–H groups in total. The number of amides is 1. The highest BCUT2D eigenvalue weighted by Crippen LogP contribution is 2.39. The second-order valence-corrected chi connectivity index (χ2v) is 7.20. The lowest BCUT2D eigenvalue weighted by Gasteiger charge is -2.31. The van der Waals surface area contributed by atoms with Crippen molar-refractivity contribution < 1.29 is 4.79 Å². The van der Waals surface area contributed by atoms with Gasteiger partial charge in [0.2, 0.25) is 6.34 Å². The van der Waals surface area contributed by atoms with Crippen molar-refractivity contribution >= 4 is 18.1 Å². The maximum atomic E-state index is 13.7. The molecule has 0 aliphatic carbocycles. The van der Waals surface area contributed by atoms with E-state index in [1.807, 2.05) is 48.5 Å². The molecule has 2 heterocycles. The number of nitrogens with zero attached hydrogens (tertiary/aromatic N) is 4. The Morgan fingerprint density at radius 2 is 1.71 bits per heavy atom. The van der Waals surface area contributed by atoms with E-state index in [1.54, 1.807) is 25.1 Å². The molecule has 0 saturated heterocycles. The van der Waals surface area contributed by atoms with Crippen molar-refractivity contribution in [1.82, 2.24) is 14.0 Å². The first-order chi connectivity index (χ1) is 13.6. The SMILES string of the molecule is CC(C)C1=C(Cc2ccccc2)N=C[N+]1(C(=O)n1ccnc1)c1ccccc1. The summed E-state index contributed by atoms with van der Waals surface area (Å²) >= 11 is 0. The monoisotopic (exact) mass is 371 g/mol. The van der Waals surface area contributed by atoms with Gasteiger partial charge in [-0.25, -0.2) is 19.3 Å². The number of para-hydroxylation sites is 1. The molecule has 1 aliphatic rings. The summed E-state index contributed by atoms with van der Waals surface area (Å²) in [7, 11) is 0. The van der Waals surface area contributed by atoms with E-state index in [0.717, 1.165) is 17.1 Å². The van der Waals surface area contributed by atoms with E-state index in [4.69, 9.17) is 4.99 Å². The Morgan fingerprint density at radius 3 is 2.32 bits per heavy atom. The van der Waals surface area contributed by atoms with Crippen molar-refractivity contribution in [2.45, 2.75) is 20.3 Å². The van der Waals surface area contributed by atoms with Crippen LogP contribution in [0.1, 0.15) is 19.4 Å². The number of hydrogen-bond acceptors (Lipinski definition) is 3. The molecule has 1 unspecified atom stereocenters.